The SMILES string of the molecule is O=C(O)Cc1cc(C(F)(F)F)c(C(F)F)c(=O)[nH]1. The Labute approximate surface area is 96.1 Å². The lowest BCUT2D eigenvalue weighted by Crippen LogP contribution is -2.23. The van der Waals surface area contributed by atoms with Gasteiger partial charge in [0.2, 0.25) is 0 Å². The number of rotatable bonds is 3. The maximum atomic E-state index is 12.5. The van der Waals surface area contributed by atoms with Crippen LogP contribution in [0.3, 0.4) is 0 Å². The third-order valence-electron chi connectivity index (χ3n) is 1.99. The van der Waals surface area contributed by atoms with Gasteiger partial charge in [0.05, 0.1) is 17.5 Å². The highest BCUT2D eigenvalue weighted by Gasteiger charge is 2.38. The van der Waals surface area contributed by atoms with Crippen molar-refractivity contribution in [3.05, 3.63) is 33.2 Å². The minimum atomic E-state index is -5.16. The van der Waals surface area contributed by atoms with Crippen molar-refractivity contribution in [3.8, 4) is 0 Å². The maximum absolute atomic E-state index is 12.5. The van der Waals surface area contributed by atoms with Gasteiger partial charge >= 0.3 is 12.1 Å². The number of carbonyl (C=O) groups is 1. The minimum Gasteiger partial charge on any atom is -0.481 e. The van der Waals surface area contributed by atoms with Crippen molar-refractivity contribution in [2.45, 2.75) is 19.0 Å². The van der Waals surface area contributed by atoms with E-state index in [1.54, 1.807) is 4.98 Å². The summed E-state index contributed by atoms with van der Waals surface area (Å²) in [7, 11) is 0. The lowest BCUT2D eigenvalue weighted by atomic mass is 10.1. The lowest BCUT2D eigenvalue weighted by Gasteiger charge is -2.12. The van der Waals surface area contributed by atoms with Crippen molar-refractivity contribution in [2.75, 3.05) is 0 Å². The third-order valence-corrected chi connectivity index (χ3v) is 1.99. The fourth-order valence-electron chi connectivity index (χ4n) is 1.33. The van der Waals surface area contributed by atoms with E-state index >= 15 is 0 Å². The van der Waals surface area contributed by atoms with Crippen LogP contribution in [0.15, 0.2) is 10.9 Å². The van der Waals surface area contributed by atoms with Gasteiger partial charge in [0, 0.05) is 5.69 Å². The Hall–Kier alpha value is -1.93. The first kappa shape index (κ1) is 14.1. The van der Waals surface area contributed by atoms with Crippen LogP contribution in [-0.4, -0.2) is 16.1 Å². The van der Waals surface area contributed by atoms with Gasteiger partial charge in [-0.25, -0.2) is 8.78 Å². The van der Waals surface area contributed by atoms with Gasteiger partial charge in [-0.05, 0) is 6.07 Å². The molecule has 0 spiro atoms. The number of aromatic nitrogens is 1. The monoisotopic (exact) mass is 271 g/mol. The molecule has 1 heterocycles. The number of nitrogens with one attached hydrogen (secondary N) is 1. The molecule has 1 aromatic heterocycles. The summed E-state index contributed by atoms with van der Waals surface area (Å²) in [5.74, 6) is -1.50. The van der Waals surface area contributed by atoms with Crippen molar-refractivity contribution >= 4 is 5.97 Å². The quantitative estimate of drug-likeness (QED) is 0.825. The molecule has 0 aliphatic rings. The average molecular weight is 271 g/mol. The third kappa shape index (κ3) is 3.05. The summed E-state index contributed by atoms with van der Waals surface area (Å²) >= 11 is 0. The van der Waals surface area contributed by atoms with Gasteiger partial charge < -0.3 is 10.1 Å². The predicted octanol–water partition coefficient (Wildman–Crippen LogP) is 1.96. The smallest absolute Gasteiger partial charge is 0.417 e. The number of hydrogen-bond donors (Lipinski definition) is 2. The van der Waals surface area contributed by atoms with Gasteiger partial charge in [0.15, 0.2) is 0 Å². The summed E-state index contributed by atoms with van der Waals surface area (Å²) < 4.78 is 62.2. The molecule has 0 saturated carbocycles. The summed E-state index contributed by atoms with van der Waals surface area (Å²) in [6.45, 7) is 0. The summed E-state index contributed by atoms with van der Waals surface area (Å²) in [5.41, 5.74) is -5.77. The van der Waals surface area contributed by atoms with Crippen molar-refractivity contribution < 1.29 is 31.9 Å². The Morgan fingerprint density at radius 2 is 1.94 bits per heavy atom. The number of carboxylic acids is 1. The Kier molecular flexibility index (Phi) is 3.73. The van der Waals surface area contributed by atoms with Gasteiger partial charge in [-0.2, -0.15) is 13.2 Å². The second kappa shape index (κ2) is 4.75. The molecular weight excluding hydrogens is 265 g/mol. The van der Waals surface area contributed by atoms with Gasteiger partial charge in [-0.15, -0.1) is 0 Å². The van der Waals surface area contributed by atoms with Crippen LogP contribution in [0.1, 0.15) is 23.2 Å². The highest BCUT2D eigenvalue weighted by atomic mass is 19.4. The number of hydrogen-bond acceptors (Lipinski definition) is 2. The molecule has 0 aliphatic carbocycles. The molecule has 1 aromatic rings. The van der Waals surface area contributed by atoms with Gasteiger partial charge in [-0.3, -0.25) is 9.59 Å². The van der Waals surface area contributed by atoms with Crippen molar-refractivity contribution in [2.24, 2.45) is 0 Å². The van der Waals surface area contributed by atoms with Crippen molar-refractivity contribution in [1.82, 2.24) is 4.98 Å². The molecule has 0 saturated heterocycles. The zero-order chi connectivity index (χ0) is 14.1. The zero-order valence-corrected chi connectivity index (χ0v) is 8.52. The van der Waals surface area contributed by atoms with Crippen LogP contribution in [0.4, 0.5) is 22.0 Å². The molecule has 0 bridgehead atoms. The van der Waals surface area contributed by atoms with E-state index in [0.29, 0.717) is 0 Å². The highest BCUT2D eigenvalue weighted by Crippen LogP contribution is 2.34. The first-order valence-corrected chi connectivity index (χ1v) is 4.46. The fraction of sp³-hybridized carbons (Fsp3) is 0.333. The molecular formula is C9H6F5NO3. The Morgan fingerprint density at radius 3 is 2.33 bits per heavy atom. The Balaban J connectivity index is 3.48. The predicted molar refractivity (Wildman–Crippen MR) is 48.4 cm³/mol. The second-order valence-corrected chi connectivity index (χ2v) is 3.32. The summed E-state index contributed by atoms with van der Waals surface area (Å²) in [5, 5.41) is 8.38. The van der Waals surface area contributed by atoms with Crippen LogP contribution in [0.2, 0.25) is 0 Å². The second-order valence-electron chi connectivity index (χ2n) is 3.32. The van der Waals surface area contributed by atoms with Gasteiger partial charge in [-0.1, -0.05) is 0 Å². The molecule has 9 heteroatoms. The van der Waals surface area contributed by atoms with Crippen molar-refractivity contribution in [1.29, 1.82) is 0 Å². The van der Waals surface area contributed by atoms with Crippen LogP contribution in [0, 0.1) is 0 Å². The van der Waals surface area contributed by atoms with Crippen molar-refractivity contribution in [3.63, 3.8) is 0 Å². The first-order valence-electron chi connectivity index (χ1n) is 4.46. The van der Waals surface area contributed by atoms with Gasteiger partial charge in [0.25, 0.3) is 12.0 Å². The first-order chi connectivity index (χ1) is 8.12. The molecule has 2 N–H and O–H groups in total. The van der Waals surface area contributed by atoms with E-state index in [0.717, 1.165) is 0 Å². The number of carboxylic acid groups (broad SMARTS) is 1. The van der Waals surface area contributed by atoms with E-state index in [1.807, 2.05) is 0 Å². The number of alkyl halides is 5. The number of H-pyrrole nitrogens is 1. The average Bonchev–Trinajstić information content (AvgIpc) is 2.12. The summed E-state index contributed by atoms with van der Waals surface area (Å²) in [4.78, 5) is 23.1. The van der Waals surface area contributed by atoms with E-state index in [9.17, 15) is 31.5 Å². The van der Waals surface area contributed by atoms with Crippen LogP contribution in [0.5, 0.6) is 0 Å². The van der Waals surface area contributed by atoms with Crippen LogP contribution < -0.4 is 5.56 Å². The largest absolute Gasteiger partial charge is 0.481 e. The zero-order valence-electron chi connectivity index (χ0n) is 8.52. The normalized spacial score (nSPS) is 11.9. The van der Waals surface area contributed by atoms with E-state index in [4.69, 9.17) is 5.11 Å². The van der Waals surface area contributed by atoms with Crippen LogP contribution >= 0.6 is 0 Å². The molecule has 0 fully saturated rings. The Bertz CT molecular complexity index is 520. The molecule has 0 aromatic carbocycles. The van der Waals surface area contributed by atoms with E-state index in [1.165, 1.54) is 0 Å². The molecule has 0 amide bonds. The molecule has 100 valence electrons. The molecule has 0 atom stereocenters. The Morgan fingerprint density at radius 1 is 1.39 bits per heavy atom. The molecule has 18 heavy (non-hydrogen) atoms. The fourth-order valence-corrected chi connectivity index (χ4v) is 1.33. The topological polar surface area (TPSA) is 70.2 Å². The molecule has 1 rings (SSSR count). The maximum Gasteiger partial charge on any atom is 0.417 e. The van der Waals surface area contributed by atoms with Crippen LogP contribution in [-0.2, 0) is 17.4 Å². The molecule has 0 radical (unpaired) electrons. The highest BCUT2D eigenvalue weighted by molar-refractivity contribution is 5.69. The van der Waals surface area contributed by atoms with Gasteiger partial charge in [0.1, 0.15) is 0 Å². The number of pyridine rings is 1. The summed E-state index contributed by atoms with van der Waals surface area (Å²) in [6.07, 6.45) is -9.67. The minimum absolute atomic E-state index is 0.205. The molecule has 0 aliphatic heterocycles. The standard InChI is InChI=1S/C9H6F5NO3/c10-7(11)6-4(9(12,13)14)1-3(2-5(16)17)15-8(6)18/h1,7H,2H2,(H,15,18)(H,16,17). The molecule has 0 unspecified atom stereocenters. The molecule has 4 nitrogen and oxygen atoms in total. The van der Waals surface area contributed by atoms with E-state index in [2.05, 4.69) is 0 Å². The number of aliphatic carboxylic acids is 1. The number of aromatic amines is 1. The van der Waals surface area contributed by atoms with Crippen LogP contribution in [0.25, 0.3) is 0 Å². The lowest BCUT2D eigenvalue weighted by molar-refractivity contribution is -0.140. The van der Waals surface area contributed by atoms with E-state index < -0.39 is 47.4 Å². The number of halogens is 5. The van der Waals surface area contributed by atoms with E-state index in [-0.39, 0.29) is 6.07 Å². The summed E-state index contributed by atoms with van der Waals surface area (Å²) in [6, 6.07) is 0.205.